The van der Waals surface area contributed by atoms with E-state index in [1.807, 2.05) is 0 Å². The van der Waals surface area contributed by atoms with Gasteiger partial charge in [0.05, 0.1) is 0 Å². The maximum atomic E-state index is 11.2. The van der Waals surface area contributed by atoms with E-state index in [2.05, 4.69) is 0 Å². The van der Waals surface area contributed by atoms with Crippen molar-refractivity contribution in [2.24, 2.45) is 0 Å². The number of carbonyl (C=O) groups excluding carboxylic acids is 1. The lowest BCUT2D eigenvalue weighted by atomic mass is 10.3. The van der Waals surface area contributed by atoms with Gasteiger partial charge < -0.3 is 5.11 Å². The summed E-state index contributed by atoms with van der Waals surface area (Å²) in [5.41, 5.74) is 0. The smallest absolute Gasteiger partial charge is 0.396 e. The van der Waals surface area contributed by atoms with Gasteiger partial charge in [0.25, 0.3) is 0 Å². The minimum atomic E-state index is -4.73. The molecule has 0 fully saturated rings. The number of rotatable bonds is 2. The Morgan fingerprint density at radius 2 is 1.64 bits per heavy atom. The van der Waals surface area contributed by atoms with Crippen molar-refractivity contribution in [2.75, 3.05) is 0 Å². The molecule has 0 amide bonds. The van der Waals surface area contributed by atoms with Gasteiger partial charge in [0.15, 0.2) is 0 Å². The van der Waals surface area contributed by atoms with E-state index in [1.165, 1.54) is 0 Å². The van der Waals surface area contributed by atoms with Crippen molar-refractivity contribution in [3.63, 3.8) is 0 Å². The van der Waals surface area contributed by atoms with Crippen LogP contribution in [0.4, 0.5) is 17.9 Å². The zero-order chi connectivity index (χ0) is 8.36. The topological polar surface area (TPSA) is 54.4 Å². The molecule has 0 rings (SSSR count). The van der Waals surface area contributed by atoms with Crippen LogP contribution in [0.15, 0.2) is 0 Å². The van der Waals surface area contributed by atoms with Crippen molar-refractivity contribution in [1.29, 1.82) is 0 Å². The van der Waals surface area contributed by atoms with Crippen LogP contribution in [0.1, 0.15) is 6.42 Å². The molecule has 0 aromatic heterocycles. The second-order valence-electron chi connectivity index (χ2n) is 1.52. The highest BCUT2D eigenvalue weighted by molar-refractivity contribution is 6.32. The molecule has 7 heteroatoms. The molecule has 0 aromatic carbocycles. The molecule has 0 saturated heterocycles. The highest BCUT2D eigenvalue weighted by Crippen LogP contribution is 2.19. The molecule has 0 aliphatic rings. The van der Waals surface area contributed by atoms with E-state index in [1.54, 1.807) is 0 Å². The molecule has 3 nitrogen and oxygen atoms in total. The van der Waals surface area contributed by atoms with Gasteiger partial charge in [-0.15, -0.1) is 0 Å². The number of carboxylic acid groups (broad SMARTS) is 1. The highest BCUT2D eigenvalue weighted by atomic mass is 19.4. The summed E-state index contributed by atoms with van der Waals surface area (Å²) in [6, 6.07) is 0. The first-order valence-corrected chi connectivity index (χ1v) is 2.16. The Morgan fingerprint density at radius 3 is 1.73 bits per heavy atom. The fourth-order valence-electron chi connectivity index (χ4n) is 0.258. The number of ketones is 1. The molecule has 0 aliphatic carbocycles. The molecular weight excluding hydrogens is 172 g/mol. The quantitative estimate of drug-likeness (QED) is 0.498. The maximum Gasteiger partial charge on any atom is 0.396 e. The van der Waals surface area contributed by atoms with Crippen LogP contribution in [0.25, 0.3) is 0 Å². The lowest BCUT2D eigenvalue weighted by molar-refractivity contribution is -0.164. The van der Waals surface area contributed by atoms with Crippen molar-refractivity contribution < 1.29 is 32.6 Å². The minimum absolute atomic E-state index is 0. The van der Waals surface area contributed by atoms with Gasteiger partial charge in [0.2, 0.25) is 5.78 Å². The van der Waals surface area contributed by atoms with Crippen LogP contribution < -0.4 is 0 Å². The van der Waals surface area contributed by atoms with Crippen molar-refractivity contribution in [3.8, 4) is 0 Å². The zero-order valence-corrected chi connectivity index (χ0v) is 5.01. The van der Waals surface area contributed by atoms with Crippen molar-refractivity contribution >= 4 is 11.8 Å². The Balaban J connectivity index is 0. The van der Waals surface area contributed by atoms with E-state index in [9.17, 15) is 22.8 Å². The van der Waals surface area contributed by atoms with Gasteiger partial charge in [0.1, 0.15) is 6.42 Å². The van der Waals surface area contributed by atoms with Crippen molar-refractivity contribution in [1.82, 2.24) is 0 Å². The third-order valence-corrected chi connectivity index (χ3v) is 0.600. The molecule has 0 aromatic rings. The number of alkyl halides is 3. The summed E-state index contributed by atoms with van der Waals surface area (Å²) >= 11 is 0. The lowest BCUT2D eigenvalue weighted by Gasteiger charge is -2.00. The van der Waals surface area contributed by atoms with Crippen LogP contribution in [0.5, 0.6) is 0 Å². The summed E-state index contributed by atoms with van der Waals surface area (Å²) < 4.78 is 33.5. The van der Waals surface area contributed by atoms with Gasteiger partial charge in [-0.2, -0.15) is 13.2 Å². The second kappa shape index (κ2) is 3.89. The number of halogens is 4. The van der Waals surface area contributed by atoms with E-state index >= 15 is 0 Å². The first-order chi connectivity index (χ1) is 4.33. The minimum Gasteiger partial charge on any atom is -0.475 e. The predicted octanol–water partition coefficient (Wildman–Crippen LogP) is 0.745. The van der Waals surface area contributed by atoms with E-state index in [-0.39, 0.29) is 4.70 Å². The monoisotopic (exact) mass is 176 g/mol. The summed E-state index contributed by atoms with van der Waals surface area (Å²) in [7, 11) is 0. The van der Waals surface area contributed by atoms with E-state index in [0.717, 1.165) is 0 Å². The molecule has 11 heavy (non-hydrogen) atoms. The van der Waals surface area contributed by atoms with Gasteiger partial charge in [0, 0.05) is 0 Å². The van der Waals surface area contributed by atoms with E-state index in [0.29, 0.717) is 0 Å². The molecule has 66 valence electrons. The summed E-state index contributed by atoms with van der Waals surface area (Å²) in [5.74, 6) is -3.90. The van der Waals surface area contributed by atoms with Crippen molar-refractivity contribution in [3.05, 3.63) is 0 Å². The van der Waals surface area contributed by atoms with Crippen LogP contribution in [0.3, 0.4) is 0 Å². The SMILES string of the molecule is F.O=C(O)C(=O)CC(F)(F)F. The maximum absolute atomic E-state index is 11.2. The third-order valence-electron chi connectivity index (χ3n) is 0.600. The number of hydrogen-bond donors (Lipinski definition) is 1. The molecular formula is C4H4F4O3. The Hall–Kier alpha value is -1.14. The lowest BCUT2D eigenvalue weighted by Crippen LogP contribution is -2.21. The molecule has 1 N–H and O–H groups in total. The van der Waals surface area contributed by atoms with Gasteiger partial charge in [-0.05, 0) is 0 Å². The largest absolute Gasteiger partial charge is 0.475 e. The fraction of sp³-hybridized carbons (Fsp3) is 0.500. The summed E-state index contributed by atoms with van der Waals surface area (Å²) in [6.07, 6.45) is -6.63. The van der Waals surface area contributed by atoms with Gasteiger partial charge in [-0.3, -0.25) is 9.50 Å². The van der Waals surface area contributed by atoms with Crippen LogP contribution in [0.2, 0.25) is 0 Å². The standard InChI is InChI=1S/C4H3F3O3.FH/c5-4(6,7)1-2(8)3(9)10;/h1H2,(H,9,10);1H. The number of hydrogen-bond acceptors (Lipinski definition) is 2. The Bertz CT molecular complexity index is 161. The van der Waals surface area contributed by atoms with Crippen LogP contribution in [0, 0.1) is 0 Å². The van der Waals surface area contributed by atoms with Crippen molar-refractivity contribution in [2.45, 2.75) is 12.6 Å². The van der Waals surface area contributed by atoms with E-state index in [4.69, 9.17) is 5.11 Å². The average Bonchev–Trinajstić information content (AvgIpc) is 1.60. The number of Topliss-reactive ketones (excluding diaryl/α,β-unsaturated/α-hetero) is 1. The molecule has 0 unspecified atom stereocenters. The number of aliphatic carboxylic acids is 1. The Labute approximate surface area is 58.2 Å². The average molecular weight is 176 g/mol. The molecule has 0 aliphatic heterocycles. The second-order valence-corrected chi connectivity index (χ2v) is 1.52. The van der Waals surface area contributed by atoms with Gasteiger partial charge in [-0.25, -0.2) is 4.79 Å². The molecule has 0 radical (unpaired) electrons. The number of carbonyl (C=O) groups is 2. The van der Waals surface area contributed by atoms with Crippen LogP contribution in [-0.2, 0) is 9.59 Å². The normalized spacial score (nSPS) is 10.1. The van der Waals surface area contributed by atoms with Gasteiger partial charge >= 0.3 is 12.1 Å². The fourth-order valence-corrected chi connectivity index (χ4v) is 0.258. The van der Waals surface area contributed by atoms with Crippen LogP contribution >= 0.6 is 0 Å². The Morgan fingerprint density at radius 1 is 1.27 bits per heavy atom. The molecule has 0 atom stereocenters. The van der Waals surface area contributed by atoms with Gasteiger partial charge in [-0.1, -0.05) is 0 Å². The molecule has 0 heterocycles. The third kappa shape index (κ3) is 6.75. The first kappa shape index (κ1) is 12.5. The molecule has 0 bridgehead atoms. The Kier molecular flexibility index (Phi) is 4.43. The summed E-state index contributed by atoms with van der Waals surface area (Å²) in [4.78, 5) is 19.4. The van der Waals surface area contributed by atoms with Crippen LogP contribution in [-0.4, -0.2) is 23.0 Å². The highest BCUT2D eigenvalue weighted by Gasteiger charge is 2.33. The molecule has 0 spiro atoms. The first-order valence-electron chi connectivity index (χ1n) is 2.16. The zero-order valence-electron chi connectivity index (χ0n) is 5.01. The number of carboxylic acids is 1. The predicted molar refractivity (Wildman–Crippen MR) is 25.8 cm³/mol. The van der Waals surface area contributed by atoms with E-state index < -0.39 is 24.3 Å². The summed E-state index contributed by atoms with van der Waals surface area (Å²) in [5, 5.41) is 7.70. The molecule has 0 saturated carbocycles. The summed E-state index contributed by atoms with van der Waals surface area (Å²) in [6.45, 7) is 0.